The number of hydrogen-bond acceptors (Lipinski definition) is 6. The van der Waals surface area contributed by atoms with Gasteiger partial charge in [-0.2, -0.15) is 18.4 Å². The van der Waals surface area contributed by atoms with Crippen LogP contribution in [0.5, 0.6) is 0 Å². The van der Waals surface area contributed by atoms with E-state index in [0.717, 1.165) is 3.97 Å². The molecule has 1 aliphatic rings. The smallest absolute Gasteiger partial charge is 0.378 e. The van der Waals surface area contributed by atoms with E-state index in [2.05, 4.69) is 10.3 Å². The standard InChI is InChI=1S/C23H23F3N6O3S/c1-2-15-12-31(22(33)29-14-23(24,25)26)13-19(15)30-20-16(10-27)11-28-21-18(20)8-9-32(21)36(34,35)17-6-4-3-5-7-17/h3-9,11,15,19H,2,12-14H2,1H3,(H,28,30)(H,29,33)/t15-,19+/m0/s1. The van der Waals surface area contributed by atoms with E-state index in [0.29, 0.717) is 17.5 Å². The van der Waals surface area contributed by atoms with Crippen LogP contribution in [0, 0.1) is 17.2 Å². The highest BCUT2D eigenvalue weighted by atomic mass is 32.2. The number of pyridine rings is 1. The number of nitrogens with one attached hydrogen (secondary N) is 2. The highest BCUT2D eigenvalue weighted by Crippen LogP contribution is 2.32. The van der Waals surface area contributed by atoms with Gasteiger partial charge in [0.25, 0.3) is 10.0 Å². The third-order valence-electron chi connectivity index (χ3n) is 6.12. The van der Waals surface area contributed by atoms with Crippen LogP contribution in [0.1, 0.15) is 18.9 Å². The van der Waals surface area contributed by atoms with Gasteiger partial charge in [-0.15, -0.1) is 0 Å². The molecule has 2 atom stereocenters. The average molecular weight is 521 g/mol. The number of aromatic nitrogens is 2. The van der Waals surface area contributed by atoms with Gasteiger partial charge in [-0.05, 0) is 30.5 Å². The Labute approximate surface area is 205 Å². The van der Waals surface area contributed by atoms with Crippen molar-refractivity contribution in [1.29, 1.82) is 5.26 Å². The van der Waals surface area contributed by atoms with Crippen LogP contribution in [0.25, 0.3) is 11.0 Å². The van der Waals surface area contributed by atoms with Gasteiger partial charge in [0.15, 0.2) is 5.65 Å². The molecule has 2 aromatic heterocycles. The van der Waals surface area contributed by atoms with Crippen molar-refractivity contribution >= 4 is 32.8 Å². The van der Waals surface area contributed by atoms with Crippen LogP contribution < -0.4 is 10.6 Å². The van der Waals surface area contributed by atoms with E-state index < -0.39 is 28.8 Å². The van der Waals surface area contributed by atoms with E-state index >= 15 is 0 Å². The van der Waals surface area contributed by atoms with Crippen LogP contribution in [-0.2, 0) is 10.0 Å². The lowest BCUT2D eigenvalue weighted by atomic mass is 10.00. The van der Waals surface area contributed by atoms with E-state index in [-0.39, 0.29) is 41.2 Å². The van der Waals surface area contributed by atoms with Crippen LogP contribution in [0.15, 0.2) is 53.7 Å². The highest BCUT2D eigenvalue weighted by molar-refractivity contribution is 7.90. The lowest BCUT2D eigenvalue weighted by Gasteiger charge is -2.21. The van der Waals surface area contributed by atoms with Gasteiger partial charge < -0.3 is 15.5 Å². The van der Waals surface area contributed by atoms with Gasteiger partial charge in [0.1, 0.15) is 12.6 Å². The van der Waals surface area contributed by atoms with E-state index in [9.17, 15) is 31.6 Å². The highest BCUT2D eigenvalue weighted by Gasteiger charge is 2.36. The number of halogens is 3. The summed E-state index contributed by atoms with van der Waals surface area (Å²) in [6, 6.07) is 10.2. The molecule has 0 aliphatic carbocycles. The molecule has 9 nitrogen and oxygen atoms in total. The maximum atomic E-state index is 13.2. The van der Waals surface area contributed by atoms with Gasteiger partial charge in [0, 0.05) is 36.9 Å². The number of alkyl halides is 3. The second kappa shape index (κ2) is 9.69. The molecule has 0 saturated carbocycles. The topological polar surface area (TPSA) is 120 Å². The fourth-order valence-electron chi connectivity index (χ4n) is 4.29. The molecule has 3 aromatic rings. The number of fused-ring (bicyclic) bond motifs is 1. The number of rotatable bonds is 6. The molecular weight excluding hydrogens is 497 g/mol. The summed E-state index contributed by atoms with van der Waals surface area (Å²) in [6.45, 7) is 0.814. The summed E-state index contributed by atoms with van der Waals surface area (Å²) in [5, 5.41) is 15.2. The fourth-order valence-corrected chi connectivity index (χ4v) is 5.61. The van der Waals surface area contributed by atoms with Crippen molar-refractivity contribution in [3.05, 3.63) is 54.4 Å². The van der Waals surface area contributed by atoms with Gasteiger partial charge in [-0.25, -0.2) is 22.2 Å². The molecule has 1 fully saturated rings. The number of nitrogens with zero attached hydrogens (tertiary/aromatic N) is 4. The molecule has 0 spiro atoms. The van der Waals surface area contributed by atoms with Crippen LogP contribution in [0.4, 0.5) is 23.7 Å². The Morgan fingerprint density at radius 3 is 2.58 bits per heavy atom. The number of nitriles is 1. The number of benzene rings is 1. The third kappa shape index (κ3) is 4.94. The van der Waals surface area contributed by atoms with Gasteiger partial charge in [-0.3, -0.25) is 0 Å². The average Bonchev–Trinajstić information content (AvgIpc) is 3.47. The zero-order chi connectivity index (χ0) is 26.1. The molecule has 1 aliphatic heterocycles. The van der Waals surface area contributed by atoms with Crippen molar-refractivity contribution < 1.29 is 26.4 Å². The maximum absolute atomic E-state index is 13.2. The molecule has 0 unspecified atom stereocenters. The summed E-state index contributed by atoms with van der Waals surface area (Å²) in [7, 11) is -3.95. The van der Waals surface area contributed by atoms with E-state index in [1.54, 1.807) is 18.2 Å². The molecule has 2 amide bonds. The molecule has 13 heteroatoms. The Hall–Kier alpha value is -3.79. The van der Waals surface area contributed by atoms with Crippen molar-refractivity contribution in [1.82, 2.24) is 19.2 Å². The molecule has 0 radical (unpaired) electrons. The first-order valence-corrected chi connectivity index (χ1v) is 12.6. The van der Waals surface area contributed by atoms with Gasteiger partial charge in [0.05, 0.1) is 16.1 Å². The van der Waals surface area contributed by atoms with Crippen molar-refractivity contribution in [3.63, 3.8) is 0 Å². The summed E-state index contributed by atoms with van der Waals surface area (Å²) in [5.41, 5.74) is 0.642. The number of amides is 2. The minimum atomic E-state index is -4.52. The molecule has 2 N–H and O–H groups in total. The Kier molecular flexibility index (Phi) is 6.81. The Bertz CT molecular complexity index is 1420. The molecule has 36 heavy (non-hydrogen) atoms. The quantitative estimate of drug-likeness (QED) is 0.513. The Morgan fingerprint density at radius 2 is 1.94 bits per heavy atom. The van der Waals surface area contributed by atoms with E-state index in [1.807, 2.05) is 18.3 Å². The Morgan fingerprint density at radius 1 is 1.22 bits per heavy atom. The molecule has 4 rings (SSSR count). The van der Waals surface area contributed by atoms with Gasteiger partial charge in [-0.1, -0.05) is 25.1 Å². The number of hydrogen-bond donors (Lipinski definition) is 2. The molecule has 3 heterocycles. The van der Waals surface area contributed by atoms with Crippen LogP contribution in [0.2, 0.25) is 0 Å². The minimum absolute atomic E-state index is 0.0746. The zero-order valence-corrected chi connectivity index (χ0v) is 20.0. The summed E-state index contributed by atoms with van der Waals surface area (Å²) >= 11 is 0. The first kappa shape index (κ1) is 25.3. The zero-order valence-electron chi connectivity index (χ0n) is 19.2. The number of anilines is 1. The van der Waals surface area contributed by atoms with Crippen molar-refractivity contribution in [2.24, 2.45) is 5.92 Å². The predicted molar refractivity (Wildman–Crippen MR) is 126 cm³/mol. The second-order valence-corrected chi connectivity index (χ2v) is 10.2. The Balaban J connectivity index is 1.65. The fraction of sp³-hybridized carbons (Fsp3) is 0.348. The lowest BCUT2D eigenvalue weighted by Crippen LogP contribution is -2.43. The number of likely N-dealkylation sites (tertiary alicyclic amines) is 1. The minimum Gasteiger partial charge on any atom is -0.378 e. The van der Waals surface area contributed by atoms with E-state index in [4.69, 9.17) is 0 Å². The second-order valence-electron chi connectivity index (χ2n) is 8.42. The normalized spacial score (nSPS) is 18.2. The number of carbonyl (C=O) groups is 1. The van der Waals surface area contributed by atoms with Crippen molar-refractivity contribution in [2.45, 2.75) is 30.5 Å². The van der Waals surface area contributed by atoms with Gasteiger partial charge in [0.2, 0.25) is 0 Å². The summed E-state index contributed by atoms with van der Waals surface area (Å²) < 4.78 is 64.9. The molecule has 1 saturated heterocycles. The SMILES string of the molecule is CC[C@H]1CN(C(=O)NCC(F)(F)F)C[C@H]1Nc1c(C#N)cnc2c1ccn2S(=O)(=O)c1ccccc1. The summed E-state index contributed by atoms with van der Waals surface area (Å²) in [4.78, 5) is 17.9. The lowest BCUT2D eigenvalue weighted by molar-refractivity contribution is -0.123. The molecular formula is C23H23F3N6O3S. The van der Waals surface area contributed by atoms with Crippen molar-refractivity contribution in [3.8, 4) is 6.07 Å². The number of urea groups is 1. The monoisotopic (exact) mass is 520 g/mol. The van der Waals surface area contributed by atoms with E-state index in [1.165, 1.54) is 35.5 Å². The molecule has 1 aromatic carbocycles. The van der Waals surface area contributed by atoms with Crippen LogP contribution in [-0.4, -0.2) is 60.2 Å². The summed E-state index contributed by atoms with van der Waals surface area (Å²) in [5.74, 6) is -0.105. The first-order chi connectivity index (χ1) is 17.0. The predicted octanol–water partition coefficient (Wildman–Crippen LogP) is 3.54. The third-order valence-corrected chi connectivity index (χ3v) is 7.80. The maximum Gasteiger partial charge on any atom is 0.405 e. The molecule has 0 bridgehead atoms. The number of carbonyl (C=O) groups excluding carboxylic acids is 1. The summed E-state index contributed by atoms with van der Waals surface area (Å²) in [6.07, 6.45) is -1.27. The molecule has 190 valence electrons. The van der Waals surface area contributed by atoms with Crippen LogP contribution >= 0.6 is 0 Å². The van der Waals surface area contributed by atoms with Gasteiger partial charge >= 0.3 is 12.2 Å². The first-order valence-electron chi connectivity index (χ1n) is 11.1. The largest absolute Gasteiger partial charge is 0.405 e. The van der Waals surface area contributed by atoms with Crippen LogP contribution in [0.3, 0.4) is 0 Å². The van der Waals surface area contributed by atoms with Crippen molar-refractivity contribution in [2.75, 3.05) is 25.0 Å².